The molecule has 0 spiro atoms. The standard InChI is InChI=1S/C25H35NO3SSi/c1-25(2,3)31(4,5)29-21(18-20-12-7-6-8-13-20)19-28-22-14-11-17-27-24(22)30-23-15-9-10-16-26-23/h6-10,12-13,15-16,18,22,24H,11,14,17,19H2,1-5H3/b21-18-. The largest absolute Gasteiger partial charge is 0.545 e. The molecule has 31 heavy (non-hydrogen) atoms. The first-order chi connectivity index (χ1) is 14.7. The highest BCUT2D eigenvalue weighted by Crippen LogP contribution is 2.38. The van der Waals surface area contributed by atoms with Crippen LogP contribution < -0.4 is 0 Å². The second kappa shape index (κ2) is 10.8. The highest BCUT2D eigenvalue weighted by Gasteiger charge is 2.39. The molecule has 0 saturated carbocycles. The fraction of sp³-hybridized carbons (Fsp3) is 0.480. The van der Waals surface area contributed by atoms with Crippen LogP contribution in [0.4, 0.5) is 0 Å². The monoisotopic (exact) mass is 457 g/mol. The number of ether oxygens (including phenoxy) is 2. The molecule has 2 atom stereocenters. The van der Waals surface area contributed by atoms with E-state index in [0.29, 0.717) is 6.61 Å². The maximum atomic E-state index is 6.67. The first-order valence-electron chi connectivity index (χ1n) is 11.0. The number of aromatic nitrogens is 1. The third-order valence-corrected chi connectivity index (χ3v) is 11.4. The van der Waals surface area contributed by atoms with Crippen LogP contribution in [0, 0.1) is 0 Å². The zero-order chi connectivity index (χ0) is 22.3. The number of hydrogen-bond donors (Lipinski definition) is 0. The van der Waals surface area contributed by atoms with Gasteiger partial charge in [-0.2, -0.15) is 0 Å². The summed E-state index contributed by atoms with van der Waals surface area (Å²) in [5.41, 5.74) is 1.06. The molecule has 1 aromatic heterocycles. The Bertz CT molecular complexity index is 837. The summed E-state index contributed by atoms with van der Waals surface area (Å²) in [6, 6.07) is 16.3. The molecule has 1 fully saturated rings. The van der Waals surface area contributed by atoms with Crippen molar-refractivity contribution in [2.24, 2.45) is 0 Å². The zero-order valence-electron chi connectivity index (χ0n) is 19.3. The van der Waals surface area contributed by atoms with Crippen LogP contribution in [0.2, 0.25) is 18.1 Å². The van der Waals surface area contributed by atoms with E-state index in [1.807, 2.05) is 42.6 Å². The van der Waals surface area contributed by atoms with Gasteiger partial charge in [0.05, 0.1) is 11.1 Å². The first-order valence-corrected chi connectivity index (χ1v) is 14.8. The minimum Gasteiger partial charge on any atom is -0.545 e. The summed E-state index contributed by atoms with van der Waals surface area (Å²) in [6.45, 7) is 12.5. The lowest BCUT2D eigenvalue weighted by Crippen LogP contribution is -2.41. The number of thioether (sulfide) groups is 1. The summed E-state index contributed by atoms with van der Waals surface area (Å²) in [5.74, 6) is 0.893. The van der Waals surface area contributed by atoms with Crippen molar-refractivity contribution in [1.29, 1.82) is 0 Å². The summed E-state index contributed by atoms with van der Waals surface area (Å²) in [4.78, 5) is 4.43. The van der Waals surface area contributed by atoms with Crippen molar-refractivity contribution >= 4 is 26.2 Å². The van der Waals surface area contributed by atoms with Crippen molar-refractivity contribution in [2.45, 2.75) is 68.3 Å². The van der Waals surface area contributed by atoms with Crippen LogP contribution in [-0.2, 0) is 13.9 Å². The minimum absolute atomic E-state index is 0.00273. The van der Waals surface area contributed by atoms with Gasteiger partial charge >= 0.3 is 0 Å². The third kappa shape index (κ3) is 7.21. The molecule has 0 radical (unpaired) electrons. The van der Waals surface area contributed by atoms with E-state index in [-0.39, 0.29) is 16.6 Å². The average Bonchev–Trinajstić information content (AvgIpc) is 2.73. The summed E-state index contributed by atoms with van der Waals surface area (Å²) < 4.78 is 19.1. The average molecular weight is 458 g/mol. The predicted octanol–water partition coefficient (Wildman–Crippen LogP) is 6.76. The quantitative estimate of drug-likeness (QED) is 0.323. The Balaban J connectivity index is 1.73. The fourth-order valence-electron chi connectivity index (χ4n) is 3.04. The number of pyridine rings is 1. The molecule has 4 nitrogen and oxygen atoms in total. The van der Waals surface area contributed by atoms with Gasteiger partial charge < -0.3 is 13.9 Å². The van der Waals surface area contributed by atoms with E-state index in [9.17, 15) is 0 Å². The van der Waals surface area contributed by atoms with Gasteiger partial charge in [-0.1, -0.05) is 68.9 Å². The van der Waals surface area contributed by atoms with Gasteiger partial charge in [-0.15, -0.1) is 0 Å². The van der Waals surface area contributed by atoms with Crippen LogP contribution in [-0.4, -0.2) is 38.1 Å². The molecular formula is C25H35NO3SSi. The van der Waals surface area contributed by atoms with E-state index in [1.165, 1.54) is 0 Å². The Morgan fingerprint density at radius 1 is 1.16 bits per heavy atom. The predicted molar refractivity (Wildman–Crippen MR) is 132 cm³/mol. The maximum absolute atomic E-state index is 6.67. The van der Waals surface area contributed by atoms with Crippen LogP contribution in [0.5, 0.6) is 0 Å². The summed E-state index contributed by atoms with van der Waals surface area (Å²) in [7, 11) is -1.98. The van der Waals surface area contributed by atoms with Gasteiger partial charge in [-0.25, -0.2) is 4.98 Å². The highest BCUT2D eigenvalue weighted by molar-refractivity contribution is 7.99. The van der Waals surface area contributed by atoms with Gasteiger partial charge in [0.2, 0.25) is 8.32 Å². The lowest BCUT2D eigenvalue weighted by atomic mass is 10.1. The molecule has 6 heteroatoms. The molecule has 3 rings (SSSR count). The fourth-order valence-corrected chi connectivity index (χ4v) is 5.17. The lowest BCUT2D eigenvalue weighted by Gasteiger charge is -2.38. The Morgan fingerprint density at radius 3 is 2.58 bits per heavy atom. The number of rotatable bonds is 8. The van der Waals surface area contributed by atoms with Crippen LogP contribution >= 0.6 is 11.8 Å². The number of nitrogens with zero attached hydrogens (tertiary/aromatic N) is 1. The van der Waals surface area contributed by atoms with Gasteiger partial charge in [0.15, 0.2) is 0 Å². The molecular weight excluding hydrogens is 422 g/mol. The van der Waals surface area contributed by atoms with Crippen LogP contribution in [0.25, 0.3) is 6.08 Å². The lowest BCUT2D eigenvalue weighted by molar-refractivity contribution is -0.0644. The van der Waals surface area contributed by atoms with Crippen molar-refractivity contribution in [3.63, 3.8) is 0 Å². The molecule has 168 valence electrons. The summed E-state index contributed by atoms with van der Waals surface area (Å²) in [5, 5.41) is 1.08. The number of benzene rings is 1. The van der Waals surface area contributed by atoms with Crippen LogP contribution in [0.3, 0.4) is 0 Å². The van der Waals surface area contributed by atoms with Gasteiger partial charge in [-0.05, 0) is 54.7 Å². The van der Waals surface area contributed by atoms with E-state index in [2.05, 4.69) is 57.1 Å². The molecule has 0 amide bonds. The third-order valence-electron chi connectivity index (χ3n) is 5.85. The SMILES string of the molecule is CC(C)(C)[Si](C)(C)O/C(=C\c1ccccc1)COC1CCCOC1Sc1ccccn1. The molecule has 1 aliphatic rings. The Morgan fingerprint density at radius 2 is 1.90 bits per heavy atom. The number of hydrogen-bond acceptors (Lipinski definition) is 5. The molecule has 2 heterocycles. The van der Waals surface area contributed by atoms with E-state index in [0.717, 1.165) is 35.8 Å². The van der Waals surface area contributed by atoms with Crippen LogP contribution in [0.15, 0.2) is 65.5 Å². The first kappa shape index (κ1) is 24.0. The topological polar surface area (TPSA) is 40.6 Å². The smallest absolute Gasteiger partial charge is 0.250 e. The molecule has 0 bridgehead atoms. The van der Waals surface area contributed by atoms with E-state index in [1.54, 1.807) is 11.8 Å². The molecule has 1 aliphatic heterocycles. The van der Waals surface area contributed by atoms with Crippen molar-refractivity contribution in [3.05, 3.63) is 66.1 Å². The van der Waals surface area contributed by atoms with Gasteiger partial charge in [0, 0.05) is 12.8 Å². The highest BCUT2D eigenvalue weighted by atomic mass is 32.2. The van der Waals surface area contributed by atoms with E-state index in [4.69, 9.17) is 13.9 Å². The van der Waals surface area contributed by atoms with Crippen molar-refractivity contribution in [3.8, 4) is 0 Å². The minimum atomic E-state index is -1.98. The van der Waals surface area contributed by atoms with Gasteiger partial charge in [0.1, 0.15) is 17.8 Å². The van der Waals surface area contributed by atoms with Crippen molar-refractivity contribution < 1.29 is 13.9 Å². The van der Waals surface area contributed by atoms with Gasteiger partial charge in [0.25, 0.3) is 0 Å². The Kier molecular flexibility index (Phi) is 8.39. The summed E-state index contributed by atoms with van der Waals surface area (Å²) in [6.07, 6.45) is 5.91. The van der Waals surface area contributed by atoms with E-state index < -0.39 is 8.32 Å². The molecule has 1 saturated heterocycles. The van der Waals surface area contributed by atoms with Crippen molar-refractivity contribution in [2.75, 3.05) is 13.2 Å². The van der Waals surface area contributed by atoms with Crippen molar-refractivity contribution in [1.82, 2.24) is 4.98 Å². The van der Waals surface area contributed by atoms with Crippen LogP contribution in [0.1, 0.15) is 39.2 Å². The van der Waals surface area contributed by atoms with Gasteiger partial charge in [-0.3, -0.25) is 0 Å². The molecule has 1 aromatic carbocycles. The zero-order valence-corrected chi connectivity index (χ0v) is 21.2. The molecule has 2 unspecified atom stereocenters. The van der Waals surface area contributed by atoms with E-state index >= 15 is 0 Å². The summed E-state index contributed by atoms with van der Waals surface area (Å²) >= 11 is 1.64. The normalized spacial score (nSPS) is 20.5. The molecule has 2 aromatic rings. The molecule has 0 N–H and O–H groups in total. The molecule has 0 aliphatic carbocycles. The Labute approximate surface area is 192 Å². The second-order valence-electron chi connectivity index (χ2n) is 9.40. The Hall–Kier alpha value is -1.60. The second-order valence-corrected chi connectivity index (χ2v) is 15.2. The maximum Gasteiger partial charge on any atom is 0.250 e.